The summed E-state index contributed by atoms with van der Waals surface area (Å²) in [7, 11) is 2.01. The van der Waals surface area contributed by atoms with Gasteiger partial charge in [0.05, 0.1) is 30.5 Å². The number of imidazole rings is 1. The largest absolute Gasteiger partial charge is 0.377 e. The molecule has 0 spiro atoms. The van der Waals surface area contributed by atoms with E-state index in [0.29, 0.717) is 12.4 Å². The van der Waals surface area contributed by atoms with Crippen LogP contribution in [-0.4, -0.2) is 57.7 Å². The summed E-state index contributed by atoms with van der Waals surface area (Å²) in [6.07, 6.45) is 3.93. The zero-order chi connectivity index (χ0) is 21.3. The van der Waals surface area contributed by atoms with Crippen molar-refractivity contribution < 1.29 is 9.53 Å². The van der Waals surface area contributed by atoms with Crippen LogP contribution < -0.4 is 5.32 Å². The third-order valence-corrected chi connectivity index (χ3v) is 5.68. The second-order valence-corrected chi connectivity index (χ2v) is 8.25. The van der Waals surface area contributed by atoms with Crippen LogP contribution >= 0.6 is 0 Å². The van der Waals surface area contributed by atoms with Crippen molar-refractivity contribution in [3.63, 3.8) is 0 Å². The lowest BCUT2D eigenvalue weighted by Crippen LogP contribution is -2.52. The van der Waals surface area contributed by atoms with Gasteiger partial charge >= 0.3 is 0 Å². The van der Waals surface area contributed by atoms with E-state index in [1.165, 1.54) is 0 Å². The van der Waals surface area contributed by atoms with E-state index in [-0.39, 0.29) is 17.9 Å². The first-order valence-electron chi connectivity index (χ1n) is 10.4. The average molecular weight is 408 g/mol. The topological polar surface area (TPSA) is 72.3 Å². The normalized spacial score (nSPS) is 15.0. The van der Waals surface area contributed by atoms with Crippen molar-refractivity contribution in [2.45, 2.75) is 26.9 Å². The number of nitrogens with one attached hydrogen (secondary N) is 1. The monoisotopic (exact) mass is 407 g/mol. The quantitative estimate of drug-likeness (QED) is 0.651. The molecule has 158 valence electrons. The number of hydrogen-bond donors (Lipinski definition) is 1. The Labute approximate surface area is 177 Å². The summed E-state index contributed by atoms with van der Waals surface area (Å²) >= 11 is 0. The third kappa shape index (κ3) is 4.37. The number of anilines is 1. The van der Waals surface area contributed by atoms with Gasteiger partial charge in [0.15, 0.2) is 0 Å². The molecule has 1 amide bonds. The van der Waals surface area contributed by atoms with Crippen LogP contribution in [0.1, 0.15) is 19.7 Å². The van der Waals surface area contributed by atoms with E-state index in [0.717, 1.165) is 47.5 Å². The summed E-state index contributed by atoms with van der Waals surface area (Å²) in [5.41, 5.74) is 2.15. The standard InChI is InChI=1S/C23H29N5O2/c1-15(2)30-8-7-28-13-20(14-28)23(29)26-22-10-19-9-17(5-6-18(19)11-25-22)21-12-24-16(3)27(21)4/h5-6,9-12,15,20H,7-8,13-14H2,1-4H3,(H,25,26,29). The molecule has 0 atom stereocenters. The van der Waals surface area contributed by atoms with Gasteiger partial charge in [-0.25, -0.2) is 9.97 Å². The molecule has 7 nitrogen and oxygen atoms in total. The molecule has 0 radical (unpaired) electrons. The average Bonchev–Trinajstić information content (AvgIpc) is 3.01. The van der Waals surface area contributed by atoms with E-state index >= 15 is 0 Å². The molecule has 2 aromatic heterocycles. The summed E-state index contributed by atoms with van der Waals surface area (Å²) in [4.78, 5) is 23.6. The predicted octanol–water partition coefficient (Wildman–Crippen LogP) is 3.24. The van der Waals surface area contributed by atoms with Crippen LogP contribution in [0.15, 0.2) is 36.7 Å². The zero-order valence-corrected chi connectivity index (χ0v) is 18.1. The van der Waals surface area contributed by atoms with E-state index in [1.807, 2.05) is 40.1 Å². The van der Waals surface area contributed by atoms with E-state index in [2.05, 4.69) is 43.0 Å². The number of likely N-dealkylation sites (tertiary alicyclic amines) is 1. The summed E-state index contributed by atoms with van der Waals surface area (Å²) < 4.78 is 7.64. The van der Waals surface area contributed by atoms with Crippen LogP contribution in [-0.2, 0) is 16.6 Å². The number of carbonyl (C=O) groups excluding carboxylic acids is 1. The van der Waals surface area contributed by atoms with Crippen LogP contribution in [0.2, 0.25) is 0 Å². The number of amides is 1. The summed E-state index contributed by atoms with van der Waals surface area (Å²) in [5.74, 6) is 1.59. The Balaban J connectivity index is 1.40. The first-order chi connectivity index (χ1) is 14.4. The molecule has 1 aromatic carbocycles. The molecular weight excluding hydrogens is 378 g/mol. The minimum absolute atomic E-state index is 0.00491. The zero-order valence-electron chi connectivity index (χ0n) is 18.1. The predicted molar refractivity (Wildman–Crippen MR) is 118 cm³/mol. The number of aromatic nitrogens is 3. The van der Waals surface area contributed by atoms with Crippen LogP contribution in [0.3, 0.4) is 0 Å². The fourth-order valence-electron chi connectivity index (χ4n) is 3.70. The van der Waals surface area contributed by atoms with Gasteiger partial charge in [-0.2, -0.15) is 0 Å². The van der Waals surface area contributed by atoms with E-state index in [9.17, 15) is 4.79 Å². The van der Waals surface area contributed by atoms with Crippen molar-refractivity contribution in [1.82, 2.24) is 19.4 Å². The second-order valence-electron chi connectivity index (χ2n) is 8.25. The first-order valence-corrected chi connectivity index (χ1v) is 10.4. The van der Waals surface area contributed by atoms with Crippen LogP contribution in [0.4, 0.5) is 5.82 Å². The van der Waals surface area contributed by atoms with Crippen molar-refractivity contribution >= 4 is 22.5 Å². The molecule has 3 aromatic rings. The lowest BCUT2D eigenvalue weighted by molar-refractivity contribution is -0.125. The lowest BCUT2D eigenvalue weighted by atomic mass is 9.99. The number of benzene rings is 1. The second kappa shape index (κ2) is 8.53. The van der Waals surface area contributed by atoms with Crippen molar-refractivity contribution in [2.75, 3.05) is 31.6 Å². The van der Waals surface area contributed by atoms with Crippen LogP contribution in [0.25, 0.3) is 22.0 Å². The summed E-state index contributed by atoms with van der Waals surface area (Å²) in [5, 5.41) is 5.06. The third-order valence-electron chi connectivity index (χ3n) is 5.68. The highest BCUT2D eigenvalue weighted by molar-refractivity contribution is 5.95. The molecule has 0 aliphatic carbocycles. The first kappa shape index (κ1) is 20.5. The SMILES string of the molecule is Cc1ncc(-c2ccc3cnc(NC(=O)C4CN(CCOC(C)C)C4)cc3c2)n1C. The molecule has 1 aliphatic rings. The van der Waals surface area contributed by atoms with Gasteiger partial charge < -0.3 is 14.6 Å². The Kier molecular flexibility index (Phi) is 5.83. The number of aryl methyl sites for hydroxylation is 1. The highest BCUT2D eigenvalue weighted by Crippen LogP contribution is 2.26. The highest BCUT2D eigenvalue weighted by atomic mass is 16.5. The van der Waals surface area contributed by atoms with Gasteiger partial charge in [0.2, 0.25) is 5.91 Å². The van der Waals surface area contributed by atoms with Crippen molar-refractivity contribution in [3.05, 3.63) is 42.5 Å². The van der Waals surface area contributed by atoms with E-state index < -0.39 is 0 Å². The smallest absolute Gasteiger partial charge is 0.231 e. The Morgan fingerprint density at radius 2 is 2.00 bits per heavy atom. The van der Waals surface area contributed by atoms with Crippen molar-refractivity contribution in [1.29, 1.82) is 0 Å². The highest BCUT2D eigenvalue weighted by Gasteiger charge is 2.32. The molecule has 30 heavy (non-hydrogen) atoms. The molecule has 3 heterocycles. The number of ether oxygens (including phenoxy) is 1. The van der Waals surface area contributed by atoms with E-state index in [1.54, 1.807) is 6.20 Å². The molecular formula is C23H29N5O2. The number of pyridine rings is 1. The molecule has 1 aliphatic heterocycles. The maximum Gasteiger partial charge on any atom is 0.231 e. The van der Waals surface area contributed by atoms with Gasteiger partial charge in [-0.05, 0) is 38.3 Å². The van der Waals surface area contributed by atoms with Gasteiger partial charge in [-0.3, -0.25) is 9.69 Å². The maximum atomic E-state index is 12.6. The molecule has 1 saturated heterocycles. The van der Waals surface area contributed by atoms with Gasteiger partial charge in [0.25, 0.3) is 0 Å². The van der Waals surface area contributed by atoms with Gasteiger partial charge in [0, 0.05) is 43.8 Å². The number of fused-ring (bicyclic) bond motifs is 1. The fraction of sp³-hybridized carbons (Fsp3) is 0.435. The van der Waals surface area contributed by atoms with Gasteiger partial charge in [-0.15, -0.1) is 0 Å². The minimum Gasteiger partial charge on any atom is -0.377 e. The van der Waals surface area contributed by atoms with Crippen LogP contribution in [0.5, 0.6) is 0 Å². The Morgan fingerprint density at radius 1 is 1.20 bits per heavy atom. The summed E-state index contributed by atoms with van der Waals surface area (Å²) in [6.45, 7) is 9.16. The van der Waals surface area contributed by atoms with Gasteiger partial charge in [-0.1, -0.05) is 12.1 Å². The van der Waals surface area contributed by atoms with Gasteiger partial charge in [0.1, 0.15) is 11.6 Å². The van der Waals surface area contributed by atoms with Crippen molar-refractivity contribution in [3.8, 4) is 11.3 Å². The lowest BCUT2D eigenvalue weighted by Gasteiger charge is -2.38. The van der Waals surface area contributed by atoms with E-state index in [4.69, 9.17) is 4.74 Å². The Morgan fingerprint density at radius 3 is 2.70 bits per heavy atom. The number of carbonyl (C=O) groups is 1. The molecule has 1 N–H and O–H groups in total. The molecule has 7 heteroatoms. The maximum absolute atomic E-state index is 12.6. The molecule has 4 rings (SSSR count). The molecule has 0 saturated carbocycles. The summed E-state index contributed by atoms with van der Waals surface area (Å²) in [6, 6.07) is 8.18. The number of hydrogen-bond acceptors (Lipinski definition) is 5. The van der Waals surface area contributed by atoms with Crippen LogP contribution in [0, 0.1) is 12.8 Å². The Hall–Kier alpha value is -2.77. The number of rotatable bonds is 7. The molecule has 0 unspecified atom stereocenters. The fourth-order valence-corrected chi connectivity index (χ4v) is 3.70. The molecule has 0 bridgehead atoms. The number of nitrogens with zero attached hydrogens (tertiary/aromatic N) is 4. The Bertz CT molecular complexity index is 1050. The molecule has 1 fully saturated rings. The minimum atomic E-state index is 0.00491. The van der Waals surface area contributed by atoms with Crippen molar-refractivity contribution in [2.24, 2.45) is 13.0 Å².